The zero-order valence-electron chi connectivity index (χ0n) is 29.1. The molecule has 0 atom stereocenters. The second-order valence-corrected chi connectivity index (χ2v) is 13.7. The standard InChI is InChI=1S/C49H31N5/c1-3-16-33(17-4-1)47-50-48(52-49(51-47)40-26-14-18-32-15-7-8-23-37(32)40)34-19-13-22-36(29-34)54-44-28-12-10-25-39(44)42-30-45-41(31-46(42)54)38-24-9-11-27-43(38)53(45)35-20-5-2-6-21-35/h1-31H. The van der Waals surface area contributed by atoms with Gasteiger partial charge in [-0.15, -0.1) is 0 Å². The van der Waals surface area contributed by atoms with E-state index in [9.17, 15) is 0 Å². The van der Waals surface area contributed by atoms with Crippen LogP contribution in [0.4, 0.5) is 0 Å². The third-order valence-corrected chi connectivity index (χ3v) is 10.5. The minimum atomic E-state index is 0.628. The number of nitrogens with zero attached hydrogens (tertiary/aromatic N) is 5. The van der Waals surface area contributed by atoms with Gasteiger partial charge in [0.2, 0.25) is 0 Å². The number of rotatable bonds is 5. The predicted octanol–water partition coefficient (Wildman–Crippen LogP) is 12.2. The molecule has 8 aromatic carbocycles. The van der Waals surface area contributed by atoms with Crippen LogP contribution in [0.25, 0.3) is 99.9 Å². The maximum Gasteiger partial charge on any atom is 0.164 e. The Bertz CT molecular complexity index is 3210. The van der Waals surface area contributed by atoms with Crippen LogP contribution in [-0.4, -0.2) is 24.1 Å². The lowest BCUT2D eigenvalue weighted by Gasteiger charge is -2.12. The van der Waals surface area contributed by atoms with Crippen molar-refractivity contribution in [1.29, 1.82) is 0 Å². The SMILES string of the molecule is c1ccc(-c2nc(-c3cccc(-n4c5ccccc5c5cc6c(cc54)c4ccccc4n6-c4ccccc4)c3)nc(-c3cccc4ccccc34)n2)cc1. The number of hydrogen-bond donors (Lipinski definition) is 0. The van der Waals surface area contributed by atoms with Crippen LogP contribution in [0.15, 0.2) is 188 Å². The molecule has 0 saturated carbocycles. The van der Waals surface area contributed by atoms with Gasteiger partial charge in [-0.1, -0.05) is 140 Å². The molecule has 0 unspecified atom stereocenters. The molecule has 5 heteroatoms. The molecular formula is C49H31N5. The molecule has 0 amide bonds. The summed E-state index contributed by atoms with van der Waals surface area (Å²) >= 11 is 0. The van der Waals surface area contributed by atoms with Crippen molar-refractivity contribution in [3.05, 3.63) is 188 Å². The van der Waals surface area contributed by atoms with Crippen molar-refractivity contribution in [2.45, 2.75) is 0 Å². The van der Waals surface area contributed by atoms with E-state index >= 15 is 0 Å². The summed E-state index contributed by atoms with van der Waals surface area (Å²) < 4.78 is 4.77. The fourth-order valence-electron chi connectivity index (χ4n) is 8.11. The van der Waals surface area contributed by atoms with Crippen LogP contribution in [0, 0.1) is 0 Å². The van der Waals surface area contributed by atoms with Crippen LogP contribution in [0.5, 0.6) is 0 Å². The van der Waals surface area contributed by atoms with E-state index in [4.69, 9.17) is 15.0 Å². The van der Waals surface area contributed by atoms with Crippen LogP contribution in [0.2, 0.25) is 0 Å². The van der Waals surface area contributed by atoms with Gasteiger partial charge < -0.3 is 9.13 Å². The third-order valence-electron chi connectivity index (χ3n) is 10.5. The summed E-state index contributed by atoms with van der Waals surface area (Å²) in [5.74, 6) is 1.92. The van der Waals surface area contributed by atoms with E-state index in [2.05, 4.69) is 179 Å². The Morgan fingerprint density at radius 1 is 0.296 bits per heavy atom. The van der Waals surface area contributed by atoms with Crippen LogP contribution in [0.1, 0.15) is 0 Å². The Morgan fingerprint density at radius 3 is 1.48 bits per heavy atom. The number of hydrogen-bond acceptors (Lipinski definition) is 3. The molecule has 5 nitrogen and oxygen atoms in total. The number of para-hydroxylation sites is 3. The van der Waals surface area contributed by atoms with Crippen molar-refractivity contribution in [2.75, 3.05) is 0 Å². The second-order valence-electron chi connectivity index (χ2n) is 13.7. The first kappa shape index (κ1) is 30.3. The summed E-state index contributed by atoms with van der Waals surface area (Å²) in [6, 6.07) is 66.2. The largest absolute Gasteiger partial charge is 0.309 e. The van der Waals surface area contributed by atoms with Crippen LogP contribution < -0.4 is 0 Å². The molecule has 0 aliphatic heterocycles. The fourth-order valence-corrected chi connectivity index (χ4v) is 8.11. The van der Waals surface area contributed by atoms with E-state index in [-0.39, 0.29) is 0 Å². The van der Waals surface area contributed by atoms with E-state index in [1.807, 2.05) is 18.2 Å². The van der Waals surface area contributed by atoms with Gasteiger partial charge >= 0.3 is 0 Å². The highest BCUT2D eigenvalue weighted by Gasteiger charge is 2.20. The summed E-state index contributed by atoms with van der Waals surface area (Å²) in [5.41, 5.74) is 9.69. The van der Waals surface area contributed by atoms with Gasteiger partial charge in [0.1, 0.15) is 0 Å². The topological polar surface area (TPSA) is 48.5 Å². The summed E-state index contributed by atoms with van der Waals surface area (Å²) in [6.07, 6.45) is 0. The van der Waals surface area contributed by atoms with E-state index in [0.717, 1.165) is 49.9 Å². The molecule has 0 bridgehead atoms. The van der Waals surface area contributed by atoms with Crippen molar-refractivity contribution in [3.63, 3.8) is 0 Å². The summed E-state index contributed by atoms with van der Waals surface area (Å²) in [7, 11) is 0. The second kappa shape index (κ2) is 12.1. The van der Waals surface area contributed by atoms with Crippen molar-refractivity contribution in [2.24, 2.45) is 0 Å². The van der Waals surface area contributed by atoms with Crippen molar-refractivity contribution < 1.29 is 0 Å². The molecule has 0 aliphatic rings. The first-order valence-electron chi connectivity index (χ1n) is 18.2. The van der Waals surface area contributed by atoms with E-state index in [1.165, 1.54) is 32.6 Å². The zero-order chi connectivity index (χ0) is 35.6. The van der Waals surface area contributed by atoms with Gasteiger partial charge in [-0.3, -0.25) is 0 Å². The Kier molecular flexibility index (Phi) is 6.79. The number of aromatic nitrogens is 5. The monoisotopic (exact) mass is 689 g/mol. The highest BCUT2D eigenvalue weighted by molar-refractivity contribution is 6.19. The minimum Gasteiger partial charge on any atom is -0.309 e. The van der Waals surface area contributed by atoms with Gasteiger partial charge in [0, 0.05) is 49.6 Å². The third kappa shape index (κ3) is 4.76. The summed E-state index contributed by atoms with van der Waals surface area (Å²) in [5, 5.41) is 7.10. The van der Waals surface area contributed by atoms with Crippen molar-refractivity contribution in [3.8, 4) is 45.5 Å². The molecule has 11 aromatic rings. The maximum absolute atomic E-state index is 5.17. The lowest BCUT2D eigenvalue weighted by molar-refractivity contribution is 1.07. The average Bonchev–Trinajstić information content (AvgIpc) is 3.75. The first-order chi connectivity index (χ1) is 26.8. The number of fused-ring (bicyclic) bond motifs is 7. The molecule has 0 radical (unpaired) electrons. The van der Waals surface area contributed by atoms with E-state index < -0.39 is 0 Å². The zero-order valence-corrected chi connectivity index (χ0v) is 29.1. The molecular weight excluding hydrogens is 659 g/mol. The molecule has 3 aromatic heterocycles. The van der Waals surface area contributed by atoms with E-state index in [0.29, 0.717) is 17.5 Å². The lowest BCUT2D eigenvalue weighted by atomic mass is 10.0. The molecule has 252 valence electrons. The van der Waals surface area contributed by atoms with Crippen LogP contribution in [-0.2, 0) is 0 Å². The molecule has 0 spiro atoms. The van der Waals surface area contributed by atoms with Gasteiger partial charge in [0.25, 0.3) is 0 Å². The molecule has 11 rings (SSSR count). The maximum atomic E-state index is 5.17. The van der Waals surface area contributed by atoms with Crippen molar-refractivity contribution in [1.82, 2.24) is 24.1 Å². The Morgan fingerprint density at radius 2 is 0.778 bits per heavy atom. The number of benzene rings is 8. The summed E-state index contributed by atoms with van der Waals surface area (Å²) in [4.78, 5) is 15.3. The van der Waals surface area contributed by atoms with Gasteiger partial charge in [-0.2, -0.15) is 0 Å². The lowest BCUT2D eigenvalue weighted by Crippen LogP contribution is -2.01. The molecule has 54 heavy (non-hydrogen) atoms. The highest BCUT2D eigenvalue weighted by Crippen LogP contribution is 2.40. The highest BCUT2D eigenvalue weighted by atomic mass is 15.0. The fraction of sp³-hybridized carbons (Fsp3) is 0. The van der Waals surface area contributed by atoms with Gasteiger partial charge in [0.15, 0.2) is 17.5 Å². The van der Waals surface area contributed by atoms with E-state index in [1.54, 1.807) is 0 Å². The minimum absolute atomic E-state index is 0.628. The molecule has 0 saturated heterocycles. The van der Waals surface area contributed by atoms with Crippen LogP contribution >= 0.6 is 0 Å². The van der Waals surface area contributed by atoms with Crippen LogP contribution in [0.3, 0.4) is 0 Å². The van der Waals surface area contributed by atoms with Crippen molar-refractivity contribution >= 4 is 54.4 Å². The normalized spacial score (nSPS) is 11.7. The van der Waals surface area contributed by atoms with Gasteiger partial charge in [0.05, 0.1) is 22.1 Å². The molecule has 0 N–H and O–H groups in total. The molecule has 0 aliphatic carbocycles. The predicted molar refractivity (Wildman–Crippen MR) is 222 cm³/mol. The summed E-state index contributed by atoms with van der Waals surface area (Å²) in [6.45, 7) is 0. The van der Waals surface area contributed by atoms with Gasteiger partial charge in [-0.25, -0.2) is 15.0 Å². The quantitative estimate of drug-likeness (QED) is 0.181. The Hall–Kier alpha value is -7.37. The van der Waals surface area contributed by atoms with Gasteiger partial charge in [-0.05, 0) is 59.3 Å². The molecule has 3 heterocycles. The Balaban J connectivity index is 1.15. The molecule has 0 fully saturated rings. The first-order valence-corrected chi connectivity index (χ1v) is 18.2. The average molecular weight is 690 g/mol. The Labute approximate surface area is 311 Å². The smallest absolute Gasteiger partial charge is 0.164 e.